The van der Waals surface area contributed by atoms with Crippen LogP contribution in [-0.4, -0.2) is 58.4 Å². The van der Waals surface area contributed by atoms with E-state index in [1.165, 1.54) is 51.4 Å². The molecule has 1 heterocycles. The highest BCUT2D eigenvalue weighted by atomic mass is 16.5. The molecule has 0 unspecified atom stereocenters. The highest BCUT2D eigenvalue weighted by Crippen LogP contribution is 2.28. The average Bonchev–Trinajstić information content (AvgIpc) is 3.21. The number of aliphatic carboxylic acids is 1. The first kappa shape index (κ1) is 32.9. The summed E-state index contributed by atoms with van der Waals surface area (Å²) in [5.41, 5.74) is -0.476. The number of unbranched alkanes of at least 4 members (excludes halogenated alkanes) is 11. The molecule has 2 N–H and O–H groups in total. The molecule has 6 nitrogen and oxygen atoms in total. The average molecular weight is 512 g/mol. The van der Waals surface area contributed by atoms with Crippen molar-refractivity contribution in [3.05, 3.63) is 0 Å². The molecule has 1 aliphatic rings. The molecular formula is C30H57NO5. The number of rotatable bonds is 22. The predicted octanol–water partition coefficient (Wildman–Crippen LogP) is 7.12. The number of carboxylic acid groups (broad SMARTS) is 1. The predicted molar refractivity (Wildman–Crippen MR) is 147 cm³/mol. The van der Waals surface area contributed by atoms with Gasteiger partial charge in [0.15, 0.2) is 0 Å². The number of β-amino-alcohol motifs (C(OH)–C–C–N with tert-alkyl or cyclic N) is 1. The summed E-state index contributed by atoms with van der Waals surface area (Å²) in [6.45, 7) is 9.65. The van der Waals surface area contributed by atoms with Crippen LogP contribution >= 0.6 is 0 Å². The van der Waals surface area contributed by atoms with Crippen molar-refractivity contribution in [1.82, 2.24) is 4.90 Å². The zero-order valence-electron chi connectivity index (χ0n) is 23.9. The molecule has 1 rings (SSSR count). The Hall–Kier alpha value is -1.14. The number of hydrogen-bond donors (Lipinski definition) is 2. The molecule has 1 saturated heterocycles. The van der Waals surface area contributed by atoms with Crippen LogP contribution in [0.3, 0.4) is 0 Å². The van der Waals surface area contributed by atoms with Crippen molar-refractivity contribution >= 4 is 11.9 Å². The van der Waals surface area contributed by atoms with Crippen molar-refractivity contribution in [2.75, 3.05) is 13.1 Å². The Morgan fingerprint density at radius 1 is 0.861 bits per heavy atom. The van der Waals surface area contributed by atoms with Gasteiger partial charge in [0, 0.05) is 13.0 Å². The molecule has 0 saturated carbocycles. The van der Waals surface area contributed by atoms with Crippen molar-refractivity contribution in [3.63, 3.8) is 0 Å². The maximum absolute atomic E-state index is 13.1. The smallest absolute Gasteiger partial charge is 0.321 e. The number of likely N-dealkylation sites (tertiary alicyclic amines) is 1. The van der Waals surface area contributed by atoms with Gasteiger partial charge < -0.3 is 14.9 Å². The molecule has 0 spiro atoms. The van der Waals surface area contributed by atoms with Crippen molar-refractivity contribution in [3.8, 4) is 0 Å². The van der Waals surface area contributed by atoms with E-state index < -0.39 is 23.5 Å². The molecule has 0 aromatic heterocycles. The Balaban J connectivity index is 2.36. The van der Waals surface area contributed by atoms with E-state index >= 15 is 0 Å². The second-order valence-electron chi connectivity index (χ2n) is 11.7. The van der Waals surface area contributed by atoms with Crippen molar-refractivity contribution < 1.29 is 24.5 Å². The first-order chi connectivity index (χ1) is 17.2. The topological polar surface area (TPSA) is 87.1 Å². The summed E-state index contributed by atoms with van der Waals surface area (Å²) in [5.74, 6) is -0.892. The summed E-state index contributed by atoms with van der Waals surface area (Å²) in [7, 11) is 0. The van der Waals surface area contributed by atoms with Gasteiger partial charge in [-0.15, -0.1) is 0 Å². The molecule has 36 heavy (non-hydrogen) atoms. The molecule has 0 radical (unpaired) electrons. The van der Waals surface area contributed by atoms with Gasteiger partial charge in [0.1, 0.15) is 12.1 Å². The standard InChI is InChI=1S/C30H57NO5/c1-5-7-9-11-15-19-26(20-16-12-10-8-6-2)36-29(35)30(3,4)21-17-13-14-18-22-31-24-25(32)23-27(31)28(33)34/h25-27,32H,5-24H2,1-4H3,(H,33,34)/t25-,27-/m0/s1. The fraction of sp³-hybridized carbons (Fsp3) is 0.933. The van der Waals surface area contributed by atoms with E-state index in [0.29, 0.717) is 19.5 Å². The molecule has 2 atom stereocenters. The SMILES string of the molecule is CCCCCCCC(CCCCCCC)OC(=O)C(C)(C)CCCCCCN1C[C@@H](O)C[C@H]1C(=O)O. The van der Waals surface area contributed by atoms with Gasteiger partial charge in [-0.25, -0.2) is 0 Å². The normalized spacial score (nSPS) is 18.7. The number of carboxylic acids is 1. The number of carbonyl (C=O) groups is 2. The number of aliphatic hydroxyl groups is 1. The van der Waals surface area contributed by atoms with E-state index in [4.69, 9.17) is 4.74 Å². The molecular weight excluding hydrogens is 454 g/mol. The Kier molecular flexibility index (Phi) is 17.4. The van der Waals surface area contributed by atoms with Crippen molar-refractivity contribution in [1.29, 1.82) is 0 Å². The van der Waals surface area contributed by atoms with Crippen LogP contribution < -0.4 is 0 Å². The lowest BCUT2D eigenvalue weighted by Crippen LogP contribution is -2.36. The summed E-state index contributed by atoms with van der Waals surface area (Å²) in [6.07, 6.45) is 18.9. The van der Waals surface area contributed by atoms with Gasteiger partial charge in [-0.05, 0) is 58.9 Å². The van der Waals surface area contributed by atoms with E-state index in [2.05, 4.69) is 13.8 Å². The van der Waals surface area contributed by atoms with Crippen LogP contribution in [0.2, 0.25) is 0 Å². The Morgan fingerprint density at radius 3 is 1.94 bits per heavy atom. The molecule has 0 amide bonds. The third-order valence-electron chi connectivity index (χ3n) is 7.75. The van der Waals surface area contributed by atoms with E-state index in [1.54, 1.807) is 0 Å². The minimum Gasteiger partial charge on any atom is -0.480 e. The fourth-order valence-corrected chi connectivity index (χ4v) is 5.25. The summed E-state index contributed by atoms with van der Waals surface area (Å²) in [6, 6.07) is -0.556. The minimum atomic E-state index is -0.841. The number of esters is 1. The van der Waals surface area contributed by atoms with Crippen LogP contribution in [0.1, 0.15) is 143 Å². The molecule has 212 valence electrons. The Bertz CT molecular complexity index is 580. The minimum absolute atomic E-state index is 0.0510. The molecule has 0 aromatic carbocycles. The number of carbonyl (C=O) groups excluding carboxylic acids is 1. The number of aliphatic hydroxyl groups excluding tert-OH is 1. The first-order valence-electron chi connectivity index (χ1n) is 15.1. The fourth-order valence-electron chi connectivity index (χ4n) is 5.25. The van der Waals surface area contributed by atoms with Gasteiger partial charge in [-0.3, -0.25) is 14.5 Å². The number of nitrogens with zero attached hydrogens (tertiary/aromatic N) is 1. The van der Waals surface area contributed by atoms with Crippen LogP contribution in [0.25, 0.3) is 0 Å². The summed E-state index contributed by atoms with van der Waals surface area (Å²) in [4.78, 5) is 26.3. The van der Waals surface area contributed by atoms with Crippen molar-refractivity contribution in [2.24, 2.45) is 5.41 Å². The van der Waals surface area contributed by atoms with Gasteiger partial charge in [-0.2, -0.15) is 0 Å². The maximum atomic E-state index is 13.1. The van der Waals surface area contributed by atoms with Gasteiger partial charge in [0.2, 0.25) is 0 Å². The molecule has 6 heteroatoms. The quantitative estimate of drug-likeness (QED) is 0.119. The van der Waals surface area contributed by atoms with Gasteiger partial charge in [-0.1, -0.05) is 84.5 Å². The van der Waals surface area contributed by atoms with E-state index in [9.17, 15) is 19.8 Å². The lowest BCUT2D eigenvalue weighted by molar-refractivity contribution is -0.161. The second kappa shape index (κ2) is 19.0. The molecule has 1 aliphatic heterocycles. The van der Waals surface area contributed by atoms with E-state index in [1.807, 2.05) is 18.7 Å². The second-order valence-corrected chi connectivity index (χ2v) is 11.7. The summed E-state index contributed by atoms with van der Waals surface area (Å²) in [5, 5.41) is 19.1. The van der Waals surface area contributed by atoms with Crippen LogP contribution in [0.5, 0.6) is 0 Å². The highest BCUT2D eigenvalue weighted by molar-refractivity contribution is 5.76. The first-order valence-corrected chi connectivity index (χ1v) is 15.1. The van der Waals surface area contributed by atoms with Crippen LogP contribution in [0.15, 0.2) is 0 Å². The Labute approximate surface area is 221 Å². The van der Waals surface area contributed by atoms with Crippen LogP contribution in [-0.2, 0) is 14.3 Å². The van der Waals surface area contributed by atoms with Crippen LogP contribution in [0.4, 0.5) is 0 Å². The van der Waals surface area contributed by atoms with E-state index in [0.717, 1.165) is 57.8 Å². The van der Waals surface area contributed by atoms with Gasteiger partial charge in [0.05, 0.1) is 11.5 Å². The van der Waals surface area contributed by atoms with Gasteiger partial charge >= 0.3 is 11.9 Å². The molecule has 0 bridgehead atoms. The Morgan fingerprint density at radius 2 is 1.39 bits per heavy atom. The zero-order chi connectivity index (χ0) is 26.8. The lowest BCUT2D eigenvalue weighted by atomic mass is 9.86. The maximum Gasteiger partial charge on any atom is 0.321 e. The third kappa shape index (κ3) is 14.0. The zero-order valence-corrected chi connectivity index (χ0v) is 23.9. The van der Waals surface area contributed by atoms with Crippen LogP contribution in [0, 0.1) is 5.41 Å². The monoisotopic (exact) mass is 511 g/mol. The molecule has 0 aliphatic carbocycles. The largest absolute Gasteiger partial charge is 0.480 e. The number of ether oxygens (including phenoxy) is 1. The van der Waals surface area contributed by atoms with Crippen molar-refractivity contribution in [2.45, 2.75) is 162 Å². The highest BCUT2D eigenvalue weighted by Gasteiger charge is 2.35. The third-order valence-corrected chi connectivity index (χ3v) is 7.75. The molecule has 1 fully saturated rings. The lowest BCUT2D eigenvalue weighted by Gasteiger charge is -2.27. The van der Waals surface area contributed by atoms with Gasteiger partial charge in [0.25, 0.3) is 0 Å². The van der Waals surface area contributed by atoms with E-state index in [-0.39, 0.29) is 12.1 Å². The summed E-state index contributed by atoms with van der Waals surface area (Å²) < 4.78 is 6.09. The molecule has 0 aromatic rings. The number of hydrogen-bond acceptors (Lipinski definition) is 5. The summed E-state index contributed by atoms with van der Waals surface area (Å²) >= 11 is 0.